The molecule has 0 aliphatic rings. The van der Waals surface area contributed by atoms with E-state index in [1.807, 2.05) is 51.1 Å². The van der Waals surface area contributed by atoms with Crippen molar-refractivity contribution in [1.29, 1.82) is 0 Å². The zero-order chi connectivity index (χ0) is 16.8. The first-order valence-corrected chi connectivity index (χ1v) is 7.25. The average Bonchev–Trinajstić information content (AvgIpc) is 2.45. The van der Waals surface area contributed by atoms with Gasteiger partial charge in [0.2, 0.25) is 5.91 Å². The molecule has 0 bridgehead atoms. The predicted molar refractivity (Wildman–Crippen MR) is 85.1 cm³/mol. The van der Waals surface area contributed by atoms with Gasteiger partial charge in [-0.05, 0) is 11.0 Å². The van der Waals surface area contributed by atoms with Gasteiger partial charge in [0, 0.05) is 13.1 Å². The summed E-state index contributed by atoms with van der Waals surface area (Å²) in [6.07, 6.45) is 0. The summed E-state index contributed by atoms with van der Waals surface area (Å²) in [5.74, 6) is -1.54. The highest BCUT2D eigenvalue weighted by Gasteiger charge is 2.30. The van der Waals surface area contributed by atoms with Crippen LogP contribution in [-0.4, -0.2) is 35.6 Å². The Hall–Kier alpha value is -1.92. The fourth-order valence-electron chi connectivity index (χ4n) is 1.81. The van der Waals surface area contributed by atoms with E-state index in [4.69, 9.17) is 5.73 Å². The van der Waals surface area contributed by atoms with Crippen molar-refractivity contribution in [2.75, 3.05) is 6.54 Å². The Bertz CT molecular complexity index is 497. The van der Waals surface area contributed by atoms with E-state index in [0.29, 0.717) is 6.54 Å². The molecule has 22 heavy (non-hydrogen) atoms. The van der Waals surface area contributed by atoms with Crippen LogP contribution in [0, 0.1) is 5.41 Å². The molecule has 0 unspecified atom stereocenters. The minimum absolute atomic E-state index is 0.132. The molecule has 0 heterocycles. The number of nitrogens with two attached hydrogens (primary N) is 1. The Morgan fingerprint density at radius 1 is 1.23 bits per heavy atom. The number of hydrogen-bond acceptors (Lipinski definition) is 4. The minimum atomic E-state index is -1.09. The van der Waals surface area contributed by atoms with Crippen LogP contribution >= 0.6 is 0 Å². The first kappa shape index (κ1) is 18.1. The monoisotopic (exact) mass is 307 g/mol. The van der Waals surface area contributed by atoms with Gasteiger partial charge in [0.1, 0.15) is 6.04 Å². The minimum Gasteiger partial charge on any atom is -0.480 e. The zero-order valence-electron chi connectivity index (χ0n) is 13.3. The molecule has 1 amide bonds. The number of carbonyl (C=O) groups is 2. The van der Waals surface area contributed by atoms with Gasteiger partial charge in [-0.3, -0.25) is 4.79 Å². The normalized spacial score (nSPS) is 14.2. The second kappa shape index (κ2) is 7.91. The van der Waals surface area contributed by atoms with Crippen molar-refractivity contribution in [2.24, 2.45) is 11.1 Å². The number of amides is 1. The molecule has 1 aromatic carbocycles. The van der Waals surface area contributed by atoms with Crippen LogP contribution in [0.5, 0.6) is 0 Å². The van der Waals surface area contributed by atoms with E-state index in [2.05, 4.69) is 10.6 Å². The van der Waals surface area contributed by atoms with Crippen LogP contribution in [0.25, 0.3) is 0 Å². The first-order chi connectivity index (χ1) is 10.2. The van der Waals surface area contributed by atoms with Crippen molar-refractivity contribution < 1.29 is 14.7 Å². The Labute approximate surface area is 131 Å². The number of benzene rings is 1. The van der Waals surface area contributed by atoms with E-state index in [9.17, 15) is 14.7 Å². The van der Waals surface area contributed by atoms with Crippen molar-refractivity contribution in [3.8, 4) is 0 Å². The van der Waals surface area contributed by atoms with Gasteiger partial charge >= 0.3 is 5.97 Å². The van der Waals surface area contributed by atoms with Crippen LogP contribution in [0.15, 0.2) is 30.3 Å². The van der Waals surface area contributed by atoms with Gasteiger partial charge < -0.3 is 21.5 Å². The van der Waals surface area contributed by atoms with Gasteiger partial charge in [-0.1, -0.05) is 51.1 Å². The summed E-state index contributed by atoms with van der Waals surface area (Å²) in [6, 6.07) is 7.85. The maximum atomic E-state index is 12.0. The third-order valence-electron chi connectivity index (χ3n) is 3.35. The van der Waals surface area contributed by atoms with Gasteiger partial charge in [-0.15, -0.1) is 0 Å². The molecule has 0 aliphatic carbocycles. The lowest BCUT2D eigenvalue weighted by Crippen LogP contribution is -2.55. The fraction of sp³-hybridized carbons (Fsp3) is 0.500. The summed E-state index contributed by atoms with van der Waals surface area (Å²) in [7, 11) is 0. The zero-order valence-corrected chi connectivity index (χ0v) is 13.3. The second-order valence-electron chi connectivity index (χ2n) is 6.36. The van der Waals surface area contributed by atoms with Crippen LogP contribution in [0.3, 0.4) is 0 Å². The average molecular weight is 307 g/mol. The molecule has 6 nitrogen and oxygen atoms in total. The van der Waals surface area contributed by atoms with Gasteiger partial charge in [0.15, 0.2) is 0 Å². The quantitative estimate of drug-likeness (QED) is 0.594. The van der Waals surface area contributed by atoms with E-state index in [0.717, 1.165) is 5.56 Å². The SMILES string of the molecule is CC(C)(C)[C@H](N)C(=O)N[C@@H](CNCc1ccccc1)C(=O)O. The van der Waals surface area contributed by atoms with Crippen LogP contribution in [0.4, 0.5) is 0 Å². The largest absolute Gasteiger partial charge is 0.480 e. The number of nitrogens with one attached hydrogen (secondary N) is 2. The van der Waals surface area contributed by atoms with Crippen LogP contribution in [0.1, 0.15) is 26.3 Å². The molecule has 1 aromatic rings. The lowest BCUT2D eigenvalue weighted by molar-refractivity contribution is -0.142. The third-order valence-corrected chi connectivity index (χ3v) is 3.35. The maximum Gasteiger partial charge on any atom is 0.327 e. The van der Waals surface area contributed by atoms with Gasteiger partial charge in [-0.25, -0.2) is 4.79 Å². The summed E-state index contributed by atoms with van der Waals surface area (Å²) in [6.45, 7) is 6.17. The molecule has 0 aromatic heterocycles. The van der Waals surface area contributed by atoms with E-state index in [-0.39, 0.29) is 6.54 Å². The molecule has 2 atom stereocenters. The number of carbonyl (C=O) groups excluding carboxylic acids is 1. The van der Waals surface area contributed by atoms with Crippen molar-refractivity contribution in [3.63, 3.8) is 0 Å². The molecule has 0 fully saturated rings. The van der Waals surface area contributed by atoms with E-state index < -0.39 is 29.4 Å². The highest BCUT2D eigenvalue weighted by Crippen LogP contribution is 2.17. The number of carboxylic acids is 1. The molecule has 0 radical (unpaired) electrons. The molecule has 0 spiro atoms. The Morgan fingerprint density at radius 2 is 1.82 bits per heavy atom. The third kappa shape index (κ3) is 5.83. The fourth-order valence-corrected chi connectivity index (χ4v) is 1.81. The molecule has 0 aliphatic heterocycles. The summed E-state index contributed by atoms with van der Waals surface area (Å²) >= 11 is 0. The molecular formula is C16H25N3O3. The predicted octanol–water partition coefficient (Wildman–Crippen LogP) is 0.719. The molecule has 6 heteroatoms. The van der Waals surface area contributed by atoms with E-state index in [1.165, 1.54) is 0 Å². The number of hydrogen-bond donors (Lipinski definition) is 4. The van der Waals surface area contributed by atoms with Gasteiger partial charge in [0.25, 0.3) is 0 Å². The van der Waals surface area contributed by atoms with Gasteiger partial charge in [-0.2, -0.15) is 0 Å². The van der Waals surface area contributed by atoms with Crippen LogP contribution < -0.4 is 16.4 Å². The molecule has 1 rings (SSSR count). The molecule has 0 saturated carbocycles. The van der Waals surface area contributed by atoms with Crippen molar-refractivity contribution in [1.82, 2.24) is 10.6 Å². The summed E-state index contributed by atoms with van der Waals surface area (Å²) in [4.78, 5) is 23.3. The van der Waals surface area contributed by atoms with Crippen molar-refractivity contribution in [3.05, 3.63) is 35.9 Å². The molecule has 0 saturated heterocycles. The van der Waals surface area contributed by atoms with E-state index >= 15 is 0 Å². The standard InChI is InChI=1S/C16H25N3O3/c1-16(2,3)13(17)14(20)19-12(15(21)22)10-18-9-11-7-5-4-6-8-11/h4-8,12-13,18H,9-10,17H2,1-3H3,(H,19,20)(H,21,22)/t12-,13+/m0/s1. The second-order valence-corrected chi connectivity index (χ2v) is 6.36. The first-order valence-electron chi connectivity index (χ1n) is 7.25. The Kier molecular flexibility index (Phi) is 6.52. The molecule has 5 N–H and O–H groups in total. The van der Waals surface area contributed by atoms with Crippen molar-refractivity contribution >= 4 is 11.9 Å². The Balaban J connectivity index is 2.52. The number of carboxylic acid groups (broad SMARTS) is 1. The Morgan fingerprint density at radius 3 is 2.32 bits per heavy atom. The van der Waals surface area contributed by atoms with Crippen LogP contribution in [0.2, 0.25) is 0 Å². The number of rotatable bonds is 7. The lowest BCUT2D eigenvalue weighted by atomic mass is 9.87. The topological polar surface area (TPSA) is 104 Å². The summed E-state index contributed by atoms with van der Waals surface area (Å²) < 4.78 is 0. The lowest BCUT2D eigenvalue weighted by Gasteiger charge is -2.27. The highest BCUT2D eigenvalue weighted by atomic mass is 16.4. The summed E-state index contributed by atoms with van der Waals surface area (Å²) in [5, 5.41) is 14.7. The maximum absolute atomic E-state index is 12.0. The summed E-state index contributed by atoms with van der Waals surface area (Å²) in [5.41, 5.74) is 6.46. The highest BCUT2D eigenvalue weighted by molar-refractivity contribution is 5.87. The van der Waals surface area contributed by atoms with E-state index in [1.54, 1.807) is 0 Å². The smallest absolute Gasteiger partial charge is 0.327 e. The molecule has 122 valence electrons. The van der Waals surface area contributed by atoms with Gasteiger partial charge in [0.05, 0.1) is 6.04 Å². The van der Waals surface area contributed by atoms with Crippen molar-refractivity contribution in [2.45, 2.75) is 39.4 Å². The molecular weight excluding hydrogens is 282 g/mol. The number of aliphatic carboxylic acids is 1. The van der Waals surface area contributed by atoms with Crippen LogP contribution in [-0.2, 0) is 16.1 Å².